The monoisotopic (exact) mass is 351 g/mol. The van der Waals surface area contributed by atoms with Gasteiger partial charge in [-0.25, -0.2) is 4.68 Å². The average Bonchev–Trinajstić information content (AvgIpc) is 2.91. The summed E-state index contributed by atoms with van der Waals surface area (Å²) in [5, 5.41) is 5.96. The zero-order chi connectivity index (χ0) is 18.5. The second-order valence-electron chi connectivity index (χ2n) is 8.07. The van der Waals surface area contributed by atoms with Crippen molar-refractivity contribution in [3.63, 3.8) is 0 Å². The van der Waals surface area contributed by atoms with E-state index in [0.717, 1.165) is 22.3 Å². The molecule has 0 saturated heterocycles. The summed E-state index contributed by atoms with van der Waals surface area (Å²) in [4.78, 5) is 16.0. The number of hydrogen-bond donors (Lipinski definition) is 1. The first kappa shape index (κ1) is 16.9. The number of nitrogens with one attached hydrogen (secondary N) is 1. The summed E-state index contributed by atoms with van der Waals surface area (Å²) in [5.41, 5.74) is 3.03. The second kappa shape index (κ2) is 6.01. The van der Waals surface area contributed by atoms with Crippen molar-refractivity contribution in [1.29, 1.82) is 0 Å². The Morgan fingerprint density at radius 3 is 2.54 bits per heavy atom. The van der Waals surface area contributed by atoms with Gasteiger partial charge in [-0.05, 0) is 45.7 Å². The minimum absolute atomic E-state index is 0.118. The Labute approximate surface area is 153 Å². The molecule has 0 aliphatic heterocycles. The van der Waals surface area contributed by atoms with E-state index in [1.54, 1.807) is 7.11 Å². The Hall–Kier alpha value is -2.56. The molecule has 0 radical (unpaired) electrons. The lowest BCUT2D eigenvalue weighted by molar-refractivity contribution is 0.349. The number of rotatable bonds is 3. The summed E-state index contributed by atoms with van der Waals surface area (Å²) in [5.74, 6) is 1.18. The van der Waals surface area contributed by atoms with E-state index in [1.807, 2.05) is 35.0 Å². The van der Waals surface area contributed by atoms with Crippen LogP contribution in [0.5, 0.6) is 5.75 Å². The predicted octanol–water partition coefficient (Wildman–Crippen LogP) is 4.42. The smallest absolute Gasteiger partial charge is 0.257 e. The van der Waals surface area contributed by atoms with E-state index in [4.69, 9.17) is 9.84 Å². The Morgan fingerprint density at radius 1 is 1.19 bits per heavy atom. The van der Waals surface area contributed by atoms with Gasteiger partial charge in [0.25, 0.3) is 5.56 Å². The van der Waals surface area contributed by atoms with Gasteiger partial charge in [-0.15, -0.1) is 0 Å². The molecule has 2 aromatic heterocycles. The molecule has 3 aromatic rings. The molecule has 0 spiro atoms. The third kappa shape index (κ3) is 2.62. The van der Waals surface area contributed by atoms with Crippen LogP contribution in [0.4, 0.5) is 0 Å². The molecule has 0 amide bonds. The van der Waals surface area contributed by atoms with Crippen molar-refractivity contribution in [3.05, 3.63) is 46.4 Å². The molecule has 26 heavy (non-hydrogen) atoms. The molecule has 0 atom stereocenters. The van der Waals surface area contributed by atoms with Crippen LogP contribution in [0.15, 0.2) is 35.1 Å². The molecule has 1 aliphatic rings. The lowest BCUT2D eigenvalue weighted by Crippen LogP contribution is -2.25. The number of nitrogens with zero attached hydrogens (tertiary/aromatic N) is 2. The number of fused-ring (bicyclic) bond motifs is 1. The number of aromatic amines is 1. The summed E-state index contributed by atoms with van der Waals surface area (Å²) in [7, 11) is 1.63. The number of benzene rings is 1. The number of para-hydroxylation sites is 1. The minimum atomic E-state index is -0.199. The van der Waals surface area contributed by atoms with E-state index in [9.17, 15) is 4.79 Å². The molecular weight excluding hydrogens is 326 g/mol. The zero-order valence-corrected chi connectivity index (χ0v) is 15.8. The first-order valence-corrected chi connectivity index (χ1v) is 9.20. The van der Waals surface area contributed by atoms with Crippen molar-refractivity contribution in [3.8, 4) is 16.9 Å². The number of hydrogen-bond acceptors (Lipinski definition) is 3. The number of methoxy groups -OCH3 is 1. The van der Waals surface area contributed by atoms with Crippen molar-refractivity contribution < 1.29 is 4.74 Å². The molecule has 0 bridgehead atoms. The normalized spacial score (nSPS) is 15.2. The predicted molar refractivity (Wildman–Crippen MR) is 104 cm³/mol. The number of H-pyrrole nitrogens is 1. The van der Waals surface area contributed by atoms with Crippen molar-refractivity contribution in [2.45, 2.75) is 51.5 Å². The fraction of sp³-hybridized carbons (Fsp3) is 0.429. The maximum absolute atomic E-state index is 12.9. The largest absolute Gasteiger partial charge is 0.496 e. The van der Waals surface area contributed by atoms with E-state index in [1.165, 1.54) is 19.3 Å². The maximum atomic E-state index is 12.9. The van der Waals surface area contributed by atoms with Crippen LogP contribution in [-0.4, -0.2) is 21.9 Å². The highest BCUT2D eigenvalue weighted by Gasteiger charge is 2.29. The molecule has 0 unspecified atom stereocenters. The molecule has 1 N–H and O–H groups in total. The van der Waals surface area contributed by atoms with Gasteiger partial charge >= 0.3 is 0 Å². The van der Waals surface area contributed by atoms with Gasteiger partial charge in [0.2, 0.25) is 0 Å². The van der Waals surface area contributed by atoms with Crippen LogP contribution in [0.2, 0.25) is 0 Å². The first-order valence-electron chi connectivity index (χ1n) is 9.20. The van der Waals surface area contributed by atoms with Crippen LogP contribution in [0.25, 0.3) is 22.2 Å². The number of pyridine rings is 1. The highest BCUT2D eigenvalue weighted by Crippen LogP contribution is 2.40. The highest BCUT2D eigenvalue weighted by atomic mass is 16.5. The fourth-order valence-corrected chi connectivity index (χ4v) is 3.63. The summed E-state index contributed by atoms with van der Waals surface area (Å²) in [6.07, 6.45) is 3.58. The van der Waals surface area contributed by atoms with E-state index in [-0.39, 0.29) is 11.1 Å². The van der Waals surface area contributed by atoms with Crippen LogP contribution in [0, 0.1) is 0 Å². The first-order chi connectivity index (χ1) is 12.4. The molecule has 4 rings (SSSR count). The molecule has 1 aromatic carbocycles. The molecular formula is C21H25N3O2. The summed E-state index contributed by atoms with van der Waals surface area (Å²) < 4.78 is 7.42. The van der Waals surface area contributed by atoms with Gasteiger partial charge in [-0.2, -0.15) is 5.10 Å². The van der Waals surface area contributed by atoms with Gasteiger partial charge in [0, 0.05) is 16.9 Å². The van der Waals surface area contributed by atoms with Gasteiger partial charge in [0.1, 0.15) is 11.4 Å². The standard InChI is InChI=1S/C21H25N3O2/c1-21(2,3)24-19-16(18(23-24)13-8-7-9-13)12-15(20(25)22-19)14-10-5-6-11-17(14)26-4/h5-6,10-13H,7-9H2,1-4H3,(H,22,25). The van der Waals surface area contributed by atoms with Crippen LogP contribution in [0.3, 0.4) is 0 Å². The Morgan fingerprint density at radius 2 is 1.92 bits per heavy atom. The van der Waals surface area contributed by atoms with Crippen LogP contribution >= 0.6 is 0 Å². The molecule has 1 fully saturated rings. The fourth-order valence-electron chi connectivity index (χ4n) is 3.63. The molecule has 1 aliphatic carbocycles. The molecule has 5 nitrogen and oxygen atoms in total. The second-order valence-corrected chi connectivity index (χ2v) is 8.07. The highest BCUT2D eigenvalue weighted by molar-refractivity contribution is 5.85. The topological polar surface area (TPSA) is 59.9 Å². The lowest BCUT2D eigenvalue weighted by Gasteiger charge is -2.24. The van der Waals surface area contributed by atoms with Gasteiger partial charge in [0.15, 0.2) is 0 Å². The maximum Gasteiger partial charge on any atom is 0.257 e. The third-order valence-corrected chi connectivity index (χ3v) is 5.24. The SMILES string of the molecule is COc1ccccc1-c1cc2c(C3CCC3)nn(C(C)(C)C)c2[nH]c1=O. The molecule has 1 saturated carbocycles. The number of ether oxygens (including phenoxy) is 1. The zero-order valence-electron chi connectivity index (χ0n) is 15.8. The van der Waals surface area contributed by atoms with E-state index in [0.29, 0.717) is 17.2 Å². The Balaban J connectivity index is 2.00. The van der Waals surface area contributed by atoms with Crippen molar-refractivity contribution in [2.75, 3.05) is 7.11 Å². The Kier molecular flexibility index (Phi) is 3.90. The summed E-state index contributed by atoms with van der Waals surface area (Å²) in [6, 6.07) is 9.63. The van der Waals surface area contributed by atoms with Crippen molar-refractivity contribution >= 4 is 11.0 Å². The molecule has 5 heteroatoms. The third-order valence-electron chi connectivity index (χ3n) is 5.24. The van der Waals surface area contributed by atoms with E-state index in [2.05, 4.69) is 25.8 Å². The van der Waals surface area contributed by atoms with Gasteiger partial charge < -0.3 is 9.72 Å². The van der Waals surface area contributed by atoms with Crippen molar-refractivity contribution in [2.24, 2.45) is 0 Å². The lowest BCUT2D eigenvalue weighted by atomic mass is 9.82. The summed E-state index contributed by atoms with van der Waals surface area (Å²) >= 11 is 0. The molecule has 2 heterocycles. The average molecular weight is 351 g/mol. The molecule has 136 valence electrons. The Bertz CT molecular complexity index is 1020. The van der Waals surface area contributed by atoms with Gasteiger partial charge in [0.05, 0.1) is 23.9 Å². The quantitative estimate of drug-likeness (QED) is 0.760. The van der Waals surface area contributed by atoms with Gasteiger partial charge in [-0.1, -0.05) is 24.6 Å². The number of aromatic nitrogens is 3. The van der Waals surface area contributed by atoms with Crippen molar-refractivity contribution in [1.82, 2.24) is 14.8 Å². The minimum Gasteiger partial charge on any atom is -0.496 e. The summed E-state index contributed by atoms with van der Waals surface area (Å²) in [6.45, 7) is 6.32. The van der Waals surface area contributed by atoms with E-state index >= 15 is 0 Å². The van der Waals surface area contributed by atoms with Crippen LogP contribution < -0.4 is 10.3 Å². The van der Waals surface area contributed by atoms with Crippen LogP contribution in [-0.2, 0) is 5.54 Å². The van der Waals surface area contributed by atoms with Crippen LogP contribution in [0.1, 0.15) is 51.6 Å². The van der Waals surface area contributed by atoms with Gasteiger partial charge in [-0.3, -0.25) is 4.79 Å². The van der Waals surface area contributed by atoms with E-state index < -0.39 is 0 Å².